The van der Waals surface area contributed by atoms with E-state index in [9.17, 15) is 4.79 Å². The lowest BCUT2D eigenvalue weighted by molar-refractivity contribution is -0.121. The number of amides is 1. The summed E-state index contributed by atoms with van der Waals surface area (Å²) in [5, 5.41) is 6.24. The Morgan fingerprint density at radius 2 is 1.66 bits per heavy atom. The van der Waals surface area contributed by atoms with Crippen molar-refractivity contribution in [3.05, 3.63) is 35.4 Å². The molecule has 180 valence electrons. The molecular weight excluding hydrogens is 513 g/mol. The molecule has 3 rings (SSSR count). The molecule has 1 amide bonds. The van der Waals surface area contributed by atoms with Crippen molar-refractivity contribution in [3.63, 3.8) is 0 Å². The summed E-state index contributed by atoms with van der Waals surface area (Å²) in [5.41, 5.74) is 2.74. The maximum Gasteiger partial charge on any atom is 0.220 e. The number of piperidine rings is 2. The topological polar surface area (TPSA) is 60.0 Å². The molecule has 0 saturated carbocycles. The van der Waals surface area contributed by atoms with Crippen LogP contribution in [0.1, 0.15) is 50.2 Å². The van der Waals surface area contributed by atoms with Gasteiger partial charge in [0.25, 0.3) is 0 Å². The minimum Gasteiger partial charge on any atom is -0.359 e. The van der Waals surface area contributed by atoms with E-state index in [1.807, 2.05) is 0 Å². The molecular formula is C25H42IN5O. The van der Waals surface area contributed by atoms with Crippen LogP contribution in [-0.2, 0) is 11.3 Å². The van der Waals surface area contributed by atoms with Crippen LogP contribution in [0, 0.1) is 18.8 Å². The van der Waals surface area contributed by atoms with Crippen LogP contribution in [0.25, 0.3) is 0 Å². The lowest BCUT2D eigenvalue weighted by Gasteiger charge is -2.35. The molecule has 1 aromatic carbocycles. The minimum absolute atomic E-state index is 0. The maximum atomic E-state index is 11.7. The Bertz CT molecular complexity index is 708. The number of aryl methyl sites for hydroxylation is 1. The first-order valence-corrected chi connectivity index (χ1v) is 12.1. The van der Waals surface area contributed by atoms with Crippen LogP contribution in [0.4, 0.5) is 0 Å². The Balaban J connectivity index is 0.00000363. The number of likely N-dealkylation sites (tertiary alicyclic amines) is 2. The smallest absolute Gasteiger partial charge is 0.220 e. The van der Waals surface area contributed by atoms with Crippen LogP contribution in [0.5, 0.6) is 0 Å². The maximum absolute atomic E-state index is 11.7. The van der Waals surface area contributed by atoms with Gasteiger partial charge < -0.3 is 15.5 Å². The molecule has 32 heavy (non-hydrogen) atoms. The highest BCUT2D eigenvalue weighted by Gasteiger charge is 2.24. The number of aliphatic imine (C=N–C) groups is 1. The van der Waals surface area contributed by atoms with Crippen molar-refractivity contribution in [1.82, 2.24) is 20.4 Å². The van der Waals surface area contributed by atoms with E-state index in [4.69, 9.17) is 4.99 Å². The number of hydrogen-bond donors (Lipinski definition) is 2. The zero-order valence-electron chi connectivity index (χ0n) is 20.1. The third-order valence-corrected chi connectivity index (χ3v) is 6.74. The van der Waals surface area contributed by atoms with Gasteiger partial charge in [-0.15, -0.1) is 24.0 Å². The first kappa shape index (κ1) is 26.9. The normalized spacial score (nSPS) is 18.8. The van der Waals surface area contributed by atoms with Gasteiger partial charge >= 0.3 is 0 Å². The quantitative estimate of drug-likeness (QED) is 0.307. The summed E-state index contributed by atoms with van der Waals surface area (Å²) >= 11 is 0. The van der Waals surface area contributed by atoms with E-state index in [0.717, 1.165) is 64.6 Å². The number of halogens is 1. The summed E-state index contributed by atoms with van der Waals surface area (Å²) in [4.78, 5) is 21.6. The van der Waals surface area contributed by atoms with Gasteiger partial charge in [0.15, 0.2) is 5.96 Å². The predicted molar refractivity (Wildman–Crippen MR) is 144 cm³/mol. The minimum atomic E-state index is 0. The molecule has 2 saturated heterocycles. The van der Waals surface area contributed by atoms with Crippen LogP contribution in [0.15, 0.2) is 29.3 Å². The van der Waals surface area contributed by atoms with Gasteiger partial charge in [-0.2, -0.15) is 0 Å². The summed E-state index contributed by atoms with van der Waals surface area (Å²) in [6.45, 7) is 11.5. The number of guanidine groups is 1. The van der Waals surface area contributed by atoms with Crippen LogP contribution in [0.3, 0.4) is 0 Å². The first-order valence-electron chi connectivity index (χ1n) is 12.1. The van der Waals surface area contributed by atoms with Gasteiger partial charge in [0, 0.05) is 46.2 Å². The summed E-state index contributed by atoms with van der Waals surface area (Å²) in [5.74, 6) is 2.39. The number of benzene rings is 1. The van der Waals surface area contributed by atoms with Crippen LogP contribution in [0.2, 0.25) is 0 Å². The predicted octanol–water partition coefficient (Wildman–Crippen LogP) is 3.64. The highest BCUT2D eigenvalue weighted by atomic mass is 127. The number of nitrogens with one attached hydrogen (secondary N) is 2. The van der Waals surface area contributed by atoms with Gasteiger partial charge in [-0.1, -0.05) is 29.8 Å². The zero-order valence-corrected chi connectivity index (χ0v) is 22.4. The van der Waals surface area contributed by atoms with E-state index in [0.29, 0.717) is 18.3 Å². The molecule has 7 heteroatoms. The van der Waals surface area contributed by atoms with Crippen molar-refractivity contribution in [2.24, 2.45) is 16.8 Å². The third kappa shape index (κ3) is 8.54. The molecule has 2 fully saturated rings. The van der Waals surface area contributed by atoms with Crippen LogP contribution in [-0.4, -0.2) is 68.0 Å². The van der Waals surface area contributed by atoms with Gasteiger partial charge in [0.1, 0.15) is 0 Å². The molecule has 0 radical (unpaired) electrons. The Morgan fingerprint density at radius 1 is 1.03 bits per heavy atom. The molecule has 0 aromatic heterocycles. The van der Waals surface area contributed by atoms with Crippen molar-refractivity contribution in [1.29, 1.82) is 0 Å². The second-order valence-electron chi connectivity index (χ2n) is 9.21. The van der Waals surface area contributed by atoms with E-state index < -0.39 is 0 Å². The average Bonchev–Trinajstić information content (AvgIpc) is 2.79. The number of carbonyl (C=O) groups is 1. The van der Waals surface area contributed by atoms with Crippen LogP contribution >= 0.6 is 24.0 Å². The average molecular weight is 556 g/mol. The lowest BCUT2D eigenvalue weighted by Crippen LogP contribution is -2.46. The molecule has 2 aliphatic rings. The van der Waals surface area contributed by atoms with E-state index in [1.54, 1.807) is 7.05 Å². The van der Waals surface area contributed by atoms with E-state index in [-0.39, 0.29) is 29.9 Å². The Kier molecular flexibility index (Phi) is 11.8. The monoisotopic (exact) mass is 555 g/mol. The fraction of sp³-hybridized carbons (Fsp3) is 0.680. The summed E-state index contributed by atoms with van der Waals surface area (Å²) in [6.07, 6.45) is 5.23. The number of carbonyl (C=O) groups excluding carboxylic acids is 1. The van der Waals surface area contributed by atoms with Crippen molar-refractivity contribution >= 4 is 35.8 Å². The molecule has 2 heterocycles. The number of nitrogens with zero attached hydrogens (tertiary/aromatic N) is 3. The molecule has 0 spiro atoms. The Hall–Kier alpha value is -1.35. The largest absolute Gasteiger partial charge is 0.359 e. The SMILES string of the molecule is CCNC(=NCC1CCN(Cc2ccc(C)cc2)CC1)N1CCC(CC(=O)NC)CC1.I. The second-order valence-corrected chi connectivity index (χ2v) is 9.21. The number of rotatable bonds is 7. The van der Waals surface area contributed by atoms with Gasteiger partial charge in [-0.25, -0.2) is 0 Å². The molecule has 2 N–H and O–H groups in total. The molecule has 1 aromatic rings. The number of hydrogen-bond acceptors (Lipinski definition) is 3. The highest BCUT2D eigenvalue weighted by molar-refractivity contribution is 14.0. The molecule has 0 bridgehead atoms. The Labute approximate surface area is 211 Å². The molecule has 0 unspecified atom stereocenters. The molecule has 6 nitrogen and oxygen atoms in total. The Morgan fingerprint density at radius 3 is 2.25 bits per heavy atom. The van der Waals surface area contributed by atoms with Crippen molar-refractivity contribution in [2.45, 2.75) is 52.5 Å². The highest BCUT2D eigenvalue weighted by Crippen LogP contribution is 2.22. The molecule has 2 aliphatic heterocycles. The van der Waals surface area contributed by atoms with Crippen LogP contribution < -0.4 is 10.6 Å². The standard InChI is InChI=1S/C25H41N5O.HI/c1-4-27-25(30-15-11-21(12-16-30)17-24(31)26-3)28-18-22-9-13-29(14-10-22)19-23-7-5-20(2)6-8-23;/h5-8,21-22H,4,9-19H2,1-3H3,(H,26,31)(H,27,28);1H. The van der Waals surface area contributed by atoms with E-state index in [2.05, 4.69) is 58.5 Å². The van der Waals surface area contributed by atoms with E-state index >= 15 is 0 Å². The van der Waals surface area contributed by atoms with Crippen molar-refractivity contribution < 1.29 is 4.79 Å². The fourth-order valence-corrected chi connectivity index (χ4v) is 4.63. The van der Waals surface area contributed by atoms with Crippen molar-refractivity contribution in [3.8, 4) is 0 Å². The van der Waals surface area contributed by atoms with Gasteiger partial charge in [0.2, 0.25) is 5.91 Å². The molecule has 0 atom stereocenters. The van der Waals surface area contributed by atoms with Crippen molar-refractivity contribution in [2.75, 3.05) is 46.3 Å². The molecule has 0 aliphatic carbocycles. The van der Waals surface area contributed by atoms with Gasteiger partial charge in [-0.05, 0) is 70.0 Å². The lowest BCUT2D eigenvalue weighted by atomic mass is 9.93. The summed E-state index contributed by atoms with van der Waals surface area (Å²) in [6, 6.07) is 8.93. The summed E-state index contributed by atoms with van der Waals surface area (Å²) < 4.78 is 0. The second kappa shape index (κ2) is 14.0. The summed E-state index contributed by atoms with van der Waals surface area (Å²) in [7, 11) is 1.72. The third-order valence-electron chi connectivity index (χ3n) is 6.74. The fourth-order valence-electron chi connectivity index (χ4n) is 4.63. The van der Waals surface area contributed by atoms with E-state index in [1.165, 1.54) is 24.0 Å². The first-order chi connectivity index (χ1) is 15.1. The zero-order chi connectivity index (χ0) is 22.1. The van der Waals surface area contributed by atoms with Gasteiger partial charge in [-0.3, -0.25) is 14.7 Å². The van der Waals surface area contributed by atoms with Gasteiger partial charge in [0.05, 0.1) is 0 Å².